The van der Waals surface area contributed by atoms with Crippen LogP contribution >= 0.6 is 27.3 Å². The summed E-state index contributed by atoms with van der Waals surface area (Å²) in [5.41, 5.74) is 7.47. The topological polar surface area (TPSA) is 61.8 Å². The van der Waals surface area contributed by atoms with Gasteiger partial charge >= 0.3 is 0 Å². The predicted molar refractivity (Wildman–Crippen MR) is 86.1 cm³/mol. The third-order valence-corrected chi connectivity index (χ3v) is 4.80. The summed E-state index contributed by atoms with van der Waals surface area (Å²) in [7, 11) is 2.07. The molecule has 0 aliphatic heterocycles. The van der Waals surface area contributed by atoms with Crippen molar-refractivity contribution in [2.75, 3.05) is 7.05 Å². The van der Waals surface area contributed by atoms with Gasteiger partial charge in [0.2, 0.25) is 0 Å². The summed E-state index contributed by atoms with van der Waals surface area (Å²) in [4.78, 5) is 3.53. The van der Waals surface area contributed by atoms with Crippen LogP contribution in [0.3, 0.4) is 0 Å². The van der Waals surface area contributed by atoms with Gasteiger partial charge in [-0.25, -0.2) is 0 Å². The van der Waals surface area contributed by atoms with Gasteiger partial charge in [-0.1, -0.05) is 23.4 Å². The molecule has 0 saturated carbocycles. The van der Waals surface area contributed by atoms with Crippen molar-refractivity contribution in [1.82, 2.24) is 4.90 Å². The van der Waals surface area contributed by atoms with Crippen LogP contribution in [0, 0.1) is 0 Å². The molecule has 6 heteroatoms. The highest BCUT2D eigenvalue weighted by Gasteiger charge is 2.07. The molecule has 0 radical (unpaired) electrons. The molecule has 4 nitrogen and oxygen atoms in total. The summed E-state index contributed by atoms with van der Waals surface area (Å²) in [5.74, 6) is 0.135. The number of benzene rings is 1. The fourth-order valence-electron chi connectivity index (χ4n) is 1.94. The minimum atomic E-state index is 0.135. The summed E-state index contributed by atoms with van der Waals surface area (Å²) in [6, 6.07) is 9.78. The Morgan fingerprint density at radius 3 is 2.85 bits per heavy atom. The van der Waals surface area contributed by atoms with Gasteiger partial charge in [0.25, 0.3) is 0 Å². The Kier molecular flexibility index (Phi) is 5.17. The highest BCUT2D eigenvalue weighted by molar-refractivity contribution is 9.10. The fourth-order valence-corrected chi connectivity index (χ4v) is 3.49. The Morgan fingerprint density at radius 1 is 1.40 bits per heavy atom. The molecule has 3 N–H and O–H groups in total. The van der Waals surface area contributed by atoms with Gasteiger partial charge in [-0.2, -0.15) is 0 Å². The van der Waals surface area contributed by atoms with Crippen molar-refractivity contribution >= 4 is 33.1 Å². The molecule has 0 amide bonds. The van der Waals surface area contributed by atoms with E-state index in [1.165, 1.54) is 4.88 Å². The van der Waals surface area contributed by atoms with Crippen molar-refractivity contribution in [2.45, 2.75) is 13.1 Å². The van der Waals surface area contributed by atoms with E-state index >= 15 is 0 Å². The minimum absolute atomic E-state index is 0.135. The van der Waals surface area contributed by atoms with E-state index in [0.29, 0.717) is 0 Å². The Bertz CT molecular complexity index is 612. The number of hydrogen-bond donors (Lipinski definition) is 2. The Hall–Kier alpha value is -1.37. The molecule has 2 rings (SSSR count). The number of hydrogen-bond acceptors (Lipinski definition) is 4. The maximum absolute atomic E-state index is 8.71. The van der Waals surface area contributed by atoms with Crippen LogP contribution < -0.4 is 5.73 Å². The lowest BCUT2D eigenvalue weighted by Crippen LogP contribution is -2.18. The molecule has 0 spiro atoms. The fraction of sp³-hybridized carbons (Fsp3) is 0.214. The zero-order valence-electron chi connectivity index (χ0n) is 11.1. The molecule has 0 unspecified atom stereocenters. The molecule has 0 atom stereocenters. The minimum Gasteiger partial charge on any atom is -0.409 e. The van der Waals surface area contributed by atoms with Crippen LogP contribution in [0.2, 0.25) is 0 Å². The summed E-state index contributed by atoms with van der Waals surface area (Å²) in [6.45, 7) is 1.68. The first-order valence-corrected chi connectivity index (χ1v) is 7.74. The Labute approximate surface area is 130 Å². The van der Waals surface area contributed by atoms with E-state index in [1.54, 1.807) is 11.3 Å². The van der Waals surface area contributed by atoms with Gasteiger partial charge in [-0.3, -0.25) is 4.90 Å². The number of nitrogens with zero attached hydrogens (tertiary/aromatic N) is 2. The van der Waals surface area contributed by atoms with E-state index in [-0.39, 0.29) is 5.84 Å². The first kappa shape index (κ1) is 15.0. The zero-order valence-corrected chi connectivity index (χ0v) is 13.5. The molecule has 0 fully saturated rings. The molecule has 0 bridgehead atoms. The van der Waals surface area contributed by atoms with Gasteiger partial charge in [0.15, 0.2) is 5.84 Å². The number of nitrogens with two attached hydrogens (primary N) is 1. The number of amidine groups is 1. The molecule has 1 aromatic heterocycles. The van der Waals surface area contributed by atoms with Crippen LogP contribution in [0.15, 0.2) is 45.3 Å². The van der Waals surface area contributed by atoms with Gasteiger partial charge < -0.3 is 10.9 Å². The Morgan fingerprint density at radius 2 is 2.20 bits per heavy atom. The molecular weight excluding hydrogens is 338 g/mol. The van der Waals surface area contributed by atoms with E-state index in [2.05, 4.69) is 44.5 Å². The SMILES string of the molecule is CN(Cc1cccc(C(N)=NO)c1)Cc1sccc1Br. The lowest BCUT2D eigenvalue weighted by Gasteiger charge is -2.16. The summed E-state index contributed by atoms with van der Waals surface area (Å²) in [5, 5.41) is 13.8. The number of thiophene rings is 1. The molecule has 2 aromatic rings. The van der Waals surface area contributed by atoms with Gasteiger partial charge in [-0.15, -0.1) is 11.3 Å². The second-order valence-corrected chi connectivity index (χ2v) is 6.40. The van der Waals surface area contributed by atoms with Gasteiger partial charge in [0.1, 0.15) is 0 Å². The van der Waals surface area contributed by atoms with Crippen LogP contribution in [-0.2, 0) is 13.1 Å². The molecule has 20 heavy (non-hydrogen) atoms. The summed E-state index contributed by atoms with van der Waals surface area (Å²) in [6.07, 6.45) is 0. The highest BCUT2D eigenvalue weighted by atomic mass is 79.9. The average molecular weight is 354 g/mol. The number of halogens is 1. The van der Waals surface area contributed by atoms with Crippen LogP contribution in [0.1, 0.15) is 16.0 Å². The molecule has 0 saturated heterocycles. The lowest BCUT2D eigenvalue weighted by atomic mass is 10.1. The lowest BCUT2D eigenvalue weighted by molar-refractivity contribution is 0.318. The molecule has 0 aliphatic rings. The van der Waals surface area contributed by atoms with Crippen molar-refractivity contribution in [3.8, 4) is 0 Å². The van der Waals surface area contributed by atoms with E-state index in [0.717, 1.165) is 28.7 Å². The highest BCUT2D eigenvalue weighted by Crippen LogP contribution is 2.24. The normalized spacial score (nSPS) is 12.1. The maximum atomic E-state index is 8.71. The second kappa shape index (κ2) is 6.88. The van der Waals surface area contributed by atoms with E-state index in [4.69, 9.17) is 10.9 Å². The summed E-state index contributed by atoms with van der Waals surface area (Å²) >= 11 is 5.28. The molecule has 1 heterocycles. The molecule has 0 aliphatic carbocycles. The van der Waals surface area contributed by atoms with Gasteiger partial charge in [0.05, 0.1) is 0 Å². The van der Waals surface area contributed by atoms with Crippen molar-refractivity contribution in [2.24, 2.45) is 10.9 Å². The summed E-state index contributed by atoms with van der Waals surface area (Å²) < 4.78 is 1.15. The predicted octanol–water partition coefficient (Wildman–Crippen LogP) is 3.24. The van der Waals surface area contributed by atoms with Crippen molar-refractivity contribution in [1.29, 1.82) is 0 Å². The molecular formula is C14H16BrN3OS. The van der Waals surface area contributed by atoms with E-state index in [9.17, 15) is 0 Å². The van der Waals surface area contributed by atoms with E-state index < -0.39 is 0 Å². The van der Waals surface area contributed by atoms with Gasteiger partial charge in [-0.05, 0) is 46.1 Å². The quantitative estimate of drug-likeness (QED) is 0.375. The van der Waals surface area contributed by atoms with Crippen LogP contribution in [0.4, 0.5) is 0 Å². The third-order valence-electron chi connectivity index (χ3n) is 2.89. The van der Waals surface area contributed by atoms with Gasteiger partial charge in [0, 0.05) is 28.0 Å². The standard InChI is InChI=1S/C14H16BrN3OS/c1-18(9-13-12(15)5-6-20-13)8-10-3-2-4-11(7-10)14(16)17-19/h2-7,19H,8-9H2,1H3,(H2,16,17). The van der Waals surface area contributed by atoms with Crippen molar-refractivity contribution in [3.63, 3.8) is 0 Å². The van der Waals surface area contributed by atoms with Crippen LogP contribution in [-0.4, -0.2) is 23.0 Å². The monoisotopic (exact) mass is 353 g/mol. The van der Waals surface area contributed by atoms with Crippen molar-refractivity contribution < 1.29 is 5.21 Å². The van der Waals surface area contributed by atoms with Crippen molar-refractivity contribution in [3.05, 3.63) is 56.2 Å². The third kappa shape index (κ3) is 3.82. The average Bonchev–Trinajstić information content (AvgIpc) is 2.83. The zero-order chi connectivity index (χ0) is 14.5. The maximum Gasteiger partial charge on any atom is 0.170 e. The first-order valence-electron chi connectivity index (χ1n) is 6.07. The first-order chi connectivity index (χ1) is 9.60. The molecule has 106 valence electrons. The van der Waals surface area contributed by atoms with Crippen LogP contribution in [0.5, 0.6) is 0 Å². The van der Waals surface area contributed by atoms with E-state index in [1.807, 2.05) is 24.3 Å². The number of rotatable bonds is 5. The smallest absolute Gasteiger partial charge is 0.170 e. The Balaban J connectivity index is 2.04. The largest absolute Gasteiger partial charge is 0.409 e. The number of oxime groups is 1. The second-order valence-electron chi connectivity index (χ2n) is 4.55. The van der Waals surface area contributed by atoms with Crippen LogP contribution in [0.25, 0.3) is 0 Å². The molecule has 1 aromatic carbocycles.